The highest BCUT2D eigenvalue weighted by Gasteiger charge is 2.46. The van der Waals surface area contributed by atoms with Crippen LogP contribution in [0, 0.1) is 20.8 Å². The fourth-order valence-corrected chi connectivity index (χ4v) is 5.00. The van der Waals surface area contributed by atoms with E-state index in [4.69, 9.17) is 4.74 Å². The Morgan fingerprint density at radius 3 is 2.53 bits per heavy atom. The Hall–Kier alpha value is -3.11. The molecule has 30 heavy (non-hydrogen) atoms. The Morgan fingerprint density at radius 2 is 1.93 bits per heavy atom. The van der Waals surface area contributed by atoms with Crippen LogP contribution in [0.4, 0.5) is 5.13 Å². The van der Waals surface area contributed by atoms with E-state index in [0.29, 0.717) is 32.0 Å². The molecule has 0 spiro atoms. The fraction of sp³-hybridized carbons (Fsp3) is 0.250. The molecular formula is C20H18N4O4S2. The van der Waals surface area contributed by atoms with E-state index in [2.05, 4.69) is 15.2 Å². The minimum Gasteiger partial charge on any atom is -0.503 e. The van der Waals surface area contributed by atoms with Crippen molar-refractivity contribution in [3.05, 3.63) is 61.7 Å². The third kappa shape index (κ3) is 3.27. The van der Waals surface area contributed by atoms with Gasteiger partial charge in [0.15, 0.2) is 5.76 Å². The Kier molecular flexibility index (Phi) is 5.12. The molecule has 4 rings (SSSR count). The molecule has 1 atom stereocenters. The molecule has 1 unspecified atom stereocenters. The number of amides is 1. The molecule has 3 heterocycles. The SMILES string of the molecule is COc1cccc(C2C(C(=O)c3sc(C)nc3C)=C(O)C(=O)N2c2nnc(C)s2)c1. The number of ether oxygens (including phenoxy) is 1. The summed E-state index contributed by atoms with van der Waals surface area (Å²) in [5.74, 6) is -1.15. The molecule has 1 aliphatic rings. The molecule has 8 nitrogen and oxygen atoms in total. The third-order valence-corrected chi connectivity index (χ3v) is 6.60. The normalized spacial score (nSPS) is 16.5. The first-order chi connectivity index (χ1) is 14.3. The first kappa shape index (κ1) is 20.2. The maximum Gasteiger partial charge on any atom is 0.296 e. The molecule has 1 aromatic carbocycles. The number of carbonyl (C=O) groups is 2. The van der Waals surface area contributed by atoms with Gasteiger partial charge in [-0.1, -0.05) is 23.5 Å². The first-order valence-electron chi connectivity index (χ1n) is 9.01. The van der Waals surface area contributed by atoms with Crippen LogP contribution < -0.4 is 9.64 Å². The lowest BCUT2D eigenvalue weighted by atomic mass is 9.95. The molecule has 0 fully saturated rings. The standard InChI is InChI=1S/C20H18N4O4S2/c1-9-18(29-10(2)21-9)16(25)14-15(12-6-5-7-13(8-12)28-4)24(19(27)17(14)26)20-23-22-11(3)30-20/h5-8,15,26H,1-4H3. The maximum absolute atomic E-state index is 13.5. The molecule has 154 valence electrons. The number of anilines is 1. The molecule has 2 aromatic heterocycles. The van der Waals surface area contributed by atoms with Gasteiger partial charge in [0.1, 0.15) is 10.8 Å². The number of aromatic nitrogens is 3. The van der Waals surface area contributed by atoms with Gasteiger partial charge in [-0.3, -0.25) is 14.5 Å². The van der Waals surface area contributed by atoms with Crippen molar-refractivity contribution in [2.45, 2.75) is 26.8 Å². The minimum absolute atomic E-state index is 0.00661. The quantitative estimate of drug-likeness (QED) is 0.601. The summed E-state index contributed by atoms with van der Waals surface area (Å²) in [5, 5.41) is 20.5. The predicted molar refractivity (Wildman–Crippen MR) is 113 cm³/mol. The number of benzene rings is 1. The van der Waals surface area contributed by atoms with Gasteiger partial charge in [-0.2, -0.15) is 0 Å². The van der Waals surface area contributed by atoms with Gasteiger partial charge in [-0.25, -0.2) is 4.98 Å². The van der Waals surface area contributed by atoms with Crippen molar-refractivity contribution in [3.8, 4) is 5.75 Å². The van der Waals surface area contributed by atoms with E-state index in [1.807, 2.05) is 0 Å². The second-order valence-electron chi connectivity index (χ2n) is 6.70. The summed E-state index contributed by atoms with van der Waals surface area (Å²) in [5.41, 5.74) is 1.17. The highest BCUT2D eigenvalue weighted by Crippen LogP contribution is 2.44. The summed E-state index contributed by atoms with van der Waals surface area (Å²) in [6.45, 7) is 5.31. The monoisotopic (exact) mass is 442 g/mol. The topological polar surface area (TPSA) is 106 Å². The Bertz CT molecular complexity index is 1200. The lowest BCUT2D eigenvalue weighted by Gasteiger charge is -2.24. The highest BCUT2D eigenvalue weighted by atomic mass is 32.1. The average molecular weight is 443 g/mol. The van der Waals surface area contributed by atoms with Crippen molar-refractivity contribution >= 4 is 39.5 Å². The smallest absolute Gasteiger partial charge is 0.296 e. The predicted octanol–water partition coefficient (Wildman–Crippen LogP) is 3.71. The molecule has 0 aliphatic carbocycles. The second-order valence-corrected chi connectivity index (χ2v) is 9.06. The maximum atomic E-state index is 13.5. The second kappa shape index (κ2) is 7.62. The van der Waals surface area contributed by atoms with Gasteiger partial charge in [0.25, 0.3) is 5.91 Å². The number of carbonyl (C=O) groups excluding carboxylic acids is 2. The van der Waals surface area contributed by atoms with Gasteiger partial charge in [-0.15, -0.1) is 21.5 Å². The lowest BCUT2D eigenvalue weighted by molar-refractivity contribution is -0.117. The van der Waals surface area contributed by atoms with Crippen LogP contribution in [0.5, 0.6) is 5.75 Å². The number of methoxy groups -OCH3 is 1. The van der Waals surface area contributed by atoms with E-state index in [-0.39, 0.29) is 5.57 Å². The number of Topliss-reactive ketones (excluding diaryl/α,β-unsaturated/α-hetero) is 1. The number of aryl methyl sites for hydroxylation is 3. The largest absolute Gasteiger partial charge is 0.503 e. The molecule has 1 amide bonds. The number of hydrogen-bond donors (Lipinski definition) is 1. The summed E-state index contributed by atoms with van der Waals surface area (Å²) in [7, 11) is 1.54. The van der Waals surface area contributed by atoms with E-state index >= 15 is 0 Å². The van der Waals surface area contributed by atoms with Gasteiger partial charge >= 0.3 is 0 Å². The van der Waals surface area contributed by atoms with Crippen LogP contribution in [-0.2, 0) is 4.79 Å². The Labute approximate surface area is 180 Å². The first-order valence-corrected chi connectivity index (χ1v) is 10.6. The van der Waals surface area contributed by atoms with Crippen LogP contribution in [0.25, 0.3) is 0 Å². The summed E-state index contributed by atoms with van der Waals surface area (Å²) in [6.07, 6.45) is 0. The molecule has 0 saturated heterocycles. The van der Waals surface area contributed by atoms with Crippen molar-refractivity contribution in [1.82, 2.24) is 15.2 Å². The van der Waals surface area contributed by atoms with E-state index in [1.165, 1.54) is 34.7 Å². The summed E-state index contributed by atoms with van der Waals surface area (Å²) in [4.78, 5) is 32.5. The Morgan fingerprint density at radius 1 is 1.17 bits per heavy atom. The van der Waals surface area contributed by atoms with Crippen LogP contribution in [0.15, 0.2) is 35.6 Å². The molecule has 10 heteroatoms. The summed E-state index contributed by atoms with van der Waals surface area (Å²) >= 11 is 2.44. The molecule has 0 radical (unpaired) electrons. The number of nitrogens with zero attached hydrogens (tertiary/aromatic N) is 4. The molecular weight excluding hydrogens is 424 g/mol. The fourth-order valence-electron chi connectivity index (χ4n) is 3.41. The number of hydrogen-bond acceptors (Lipinski definition) is 9. The van der Waals surface area contributed by atoms with Crippen LogP contribution in [0.2, 0.25) is 0 Å². The van der Waals surface area contributed by atoms with Gasteiger partial charge in [0.05, 0.1) is 34.3 Å². The lowest BCUT2D eigenvalue weighted by Crippen LogP contribution is -2.31. The van der Waals surface area contributed by atoms with Crippen molar-refractivity contribution in [1.29, 1.82) is 0 Å². The van der Waals surface area contributed by atoms with Crippen LogP contribution >= 0.6 is 22.7 Å². The van der Waals surface area contributed by atoms with Gasteiger partial charge in [0, 0.05) is 0 Å². The van der Waals surface area contributed by atoms with E-state index in [9.17, 15) is 14.7 Å². The van der Waals surface area contributed by atoms with Gasteiger partial charge in [-0.05, 0) is 38.5 Å². The van der Waals surface area contributed by atoms with E-state index in [1.54, 1.807) is 45.0 Å². The number of aliphatic hydroxyl groups is 1. The number of rotatable bonds is 5. The van der Waals surface area contributed by atoms with Crippen molar-refractivity contribution in [2.75, 3.05) is 12.0 Å². The zero-order valence-corrected chi connectivity index (χ0v) is 18.3. The summed E-state index contributed by atoms with van der Waals surface area (Å²) < 4.78 is 5.32. The molecule has 0 saturated carbocycles. The van der Waals surface area contributed by atoms with E-state index < -0.39 is 23.5 Å². The number of aliphatic hydroxyl groups excluding tert-OH is 1. The molecule has 1 aliphatic heterocycles. The molecule has 0 bridgehead atoms. The number of thiazole rings is 1. The highest BCUT2D eigenvalue weighted by molar-refractivity contribution is 7.15. The third-order valence-electron chi connectivity index (χ3n) is 4.69. The van der Waals surface area contributed by atoms with Gasteiger partial charge in [0.2, 0.25) is 10.9 Å². The van der Waals surface area contributed by atoms with Crippen molar-refractivity contribution < 1.29 is 19.4 Å². The Balaban J connectivity index is 1.90. The van der Waals surface area contributed by atoms with Crippen molar-refractivity contribution in [2.24, 2.45) is 0 Å². The van der Waals surface area contributed by atoms with Crippen LogP contribution in [0.3, 0.4) is 0 Å². The summed E-state index contributed by atoms with van der Waals surface area (Å²) in [6, 6.07) is 6.17. The van der Waals surface area contributed by atoms with Gasteiger partial charge < -0.3 is 9.84 Å². The minimum atomic E-state index is -0.866. The van der Waals surface area contributed by atoms with Crippen LogP contribution in [0.1, 0.15) is 37.0 Å². The zero-order valence-electron chi connectivity index (χ0n) is 16.7. The average Bonchev–Trinajstić information content (AvgIpc) is 3.37. The van der Waals surface area contributed by atoms with Crippen LogP contribution in [-0.4, -0.2) is 39.1 Å². The molecule has 3 aromatic rings. The van der Waals surface area contributed by atoms with Crippen molar-refractivity contribution in [3.63, 3.8) is 0 Å². The molecule has 1 N–H and O–H groups in total. The number of ketones is 1. The van der Waals surface area contributed by atoms with E-state index in [0.717, 1.165) is 5.01 Å². The zero-order chi connectivity index (χ0) is 21.6.